The highest BCUT2D eigenvalue weighted by Gasteiger charge is 2.24. The van der Waals surface area contributed by atoms with Gasteiger partial charge < -0.3 is 9.47 Å². The van der Waals surface area contributed by atoms with Crippen LogP contribution in [0.25, 0.3) is 11.2 Å². The highest BCUT2D eigenvalue weighted by molar-refractivity contribution is 7.99. The minimum Gasteiger partial charge on any atom is -0.338 e. The zero-order chi connectivity index (χ0) is 21.4. The summed E-state index contributed by atoms with van der Waals surface area (Å²) >= 11 is 1.51. The number of fused-ring (bicyclic) bond motifs is 2. The number of hydrogen-bond donors (Lipinski definition) is 1. The molecule has 0 unspecified atom stereocenters. The summed E-state index contributed by atoms with van der Waals surface area (Å²) in [6.07, 6.45) is 4.32. The largest absolute Gasteiger partial charge is 0.338 e. The molecule has 10 heteroatoms. The average molecular weight is 436 g/mol. The van der Waals surface area contributed by atoms with Crippen molar-refractivity contribution in [3.8, 4) is 0 Å². The van der Waals surface area contributed by atoms with Crippen LogP contribution in [-0.4, -0.2) is 41.4 Å². The van der Waals surface area contributed by atoms with Gasteiger partial charge in [-0.25, -0.2) is 14.8 Å². The molecular weight excluding hydrogens is 414 g/mol. The lowest BCUT2D eigenvalue weighted by molar-refractivity contribution is 0.670. The molecule has 1 aromatic carbocycles. The van der Waals surface area contributed by atoms with Crippen molar-refractivity contribution in [3.63, 3.8) is 0 Å². The van der Waals surface area contributed by atoms with Crippen molar-refractivity contribution in [1.82, 2.24) is 29.1 Å². The smallest absolute Gasteiger partial charge is 0.329 e. The normalized spacial score (nSPS) is 13.5. The van der Waals surface area contributed by atoms with Gasteiger partial charge in [0.25, 0.3) is 5.56 Å². The van der Waals surface area contributed by atoms with Crippen LogP contribution in [-0.2, 0) is 26.6 Å². The van der Waals surface area contributed by atoms with Crippen LogP contribution in [0.3, 0.4) is 0 Å². The van der Waals surface area contributed by atoms with Crippen molar-refractivity contribution < 1.29 is 0 Å². The zero-order valence-corrected chi connectivity index (χ0v) is 17.8. The van der Waals surface area contributed by atoms with Crippen LogP contribution in [0.15, 0.2) is 57.5 Å². The molecule has 5 rings (SSSR count). The third-order valence-electron chi connectivity index (χ3n) is 5.49. The molecule has 1 N–H and O–H groups in total. The first-order valence-electron chi connectivity index (χ1n) is 10.0. The second kappa shape index (κ2) is 8.03. The maximum Gasteiger partial charge on any atom is 0.329 e. The van der Waals surface area contributed by atoms with Gasteiger partial charge in [-0.05, 0) is 23.6 Å². The molecule has 1 aliphatic heterocycles. The van der Waals surface area contributed by atoms with E-state index in [2.05, 4.69) is 38.1 Å². The molecule has 4 aromatic rings. The van der Waals surface area contributed by atoms with E-state index in [0.717, 1.165) is 13.0 Å². The van der Waals surface area contributed by atoms with E-state index >= 15 is 0 Å². The fourth-order valence-electron chi connectivity index (χ4n) is 3.93. The average Bonchev–Trinajstić information content (AvgIpc) is 3.18. The lowest BCUT2D eigenvalue weighted by Gasteiger charge is -2.30. The Labute approximate surface area is 181 Å². The number of hydrogen-bond acceptors (Lipinski definition) is 7. The number of nitrogens with zero attached hydrogens (tertiary/aromatic N) is 6. The van der Waals surface area contributed by atoms with Crippen LogP contribution < -0.4 is 16.1 Å². The number of aryl methyl sites for hydroxylation is 2. The van der Waals surface area contributed by atoms with Gasteiger partial charge in [0.1, 0.15) is 0 Å². The number of thioether (sulfide) groups is 1. The molecule has 0 spiro atoms. The lowest BCUT2D eigenvalue weighted by atomic mass is 10.0. The van der Waals surface area contributed by atoms with Crippen molar-refractivity contribution in [2.45, 2.75) is 24.7 Å². The van der Waals surface area contributed by atoms with Crippen molar-refractivity contribution in [3.05, 3.63) is 74.7 Å². The summed E-state index contributed by atoms with van der Waals surface area (Å²) in [4.78, 5) is 42.7. The van der Waals surface area contributed by atoms with Gasteiger partial charge in [-0.15, -0.1) is 0 Å². The van der Waals surface area contributed by atoms with E-state index in [4.69, 9.17) is 4.98 Å². The Morgan fingerprint density at radius 3 is 2.68 bits per heavy atom. The quantitative estimate of drug-likeness (QED) is 0.375. The van der Waals surface area contributed by atoms with Gasteiger partial charge in [-0.3, -0.25) is 14.3 Å². The minimum atomic E-state index is -0.468. The Hall–Kier alpha value is -3.40. The van der Waals surface area contributed by atoms with E-state index in [1.54, 1.807) is 25.5 Å². The van der Waals surface area contributed by atoms with Crippen LogP contribution in [0.4, 0.5) is 5.95 Å². The molecule has 158 valence electrons. The SMILES string of the molecule is Cn1c(=O)[nH]c(=O)c2c1nc(N1CCc3ccccc3C1)n2CCSc1ncccn1. The third kappa shape index (κ3) is 3.63. The van der Waals surface area contributed by atoms with E-state index in [-0.39, 0.29) is 0 Å². The van der Waals surface area contributed by atoms with Crippen molar-refractivity contribution >= 4 is 28.9 Å². The Morgan fingerprint density at radius 1 is 1.10 bits per heavy atom. The van der Waals surface area contributed by atoms with E-state index in [1.807, 2.05) is 10.6 Å². The number of benzene rings is 1. The highest BCUT2D eigenvalue weighted by atomic mass is 32.2. The molecule has 0 aliphatic carbocycles. The van der Waals surface area contributed by atoms with E-state index in [0.29, 0.717) is 41.1 Å². The molecule has 31 heavy (non-hydrogen) atoms. The van der Waals surface area contributed by atoms with Gasteiger partial charge in [-0.2, -0.15) is 4.98 Å². The number of aromatic nitrogens is 6. The summed E-state index contributed by atoms with van der Waals surface area (Å²) < 4.78 is 3.31. The second-order valence-corrected chi connectivity index (χ2v) is 8.44. The van der Waals surface area contributed by atoms with Crippen molar-refractivity contribution in [2.24, 2.45) is 7.05 Å². The summed E-state index contributed by atoms with van der Waals surface area (Å²) in [6.45, 7) is 2.04. The van der Waals surface area contributed by atoms with Crippen LogP contribution in [0.5, 0.6) is 0 Å². The Morgan fingerprint density at radius 2 is 1.87 bits per heavy atom. The third-order valence-corrected chi connectivity index (χ3v) is 6.34. The van der Waals surface area contributed by atoms with Gasteiger partial charge in [0.15, 0.2) is 16.3 Å². The van der Waals surface area contributed by atoms with Crippen LogP contribution in [0, 0.1) is 0 Å². The molecule has 4 heterocycles. The first-order valence-corrected chi connectivity index (χ1v) is 11.0. The van der Waals surface area contributed by atoms with Crippen LogP contribution in [0.1, 0.15) is 11.1 Å². The van der Waals surface area contributed by atoms with Crippen molar-refractivity contribution in [1.29, 1.82) is 0 Å². The van der Waals surface area contributed by atoms with Gasteiger partial charge in [-0.1, -0.05) is 36.0 Å². The molecule has 0 saturated heterocycles. The molecule has 0 atom stereocenters. The first-order chi connectivity index (χ1) is 15.1. The topological polar surface area (TPSA) is 102 Å². The van der Waals surface area contributed by atoms with Gasteiger partial charge in [0.05, 0.1) is 0 Å². The molecule has 1 aliphatic rings. The summed E-state index contributed by atoms with van der Waals surface area (Å²) in [5.41, 5.74) is 2.50. The summed E-state index contributed by atoms with van der Waals surface area (Å²) in [7, 11) is 1.62. The van der Waals surface area contributed by atoms with Crippen LogP contribution >= 0.6 is 11.8 Å². The van der Waals surface area contributed by atoms with E-state index < -0.39 is 11.2 Å². The lowest BCUT2D eigenvalue weighted by Crippen LogP contribution is -2.33. The molecule has 3 aromatic heterocycles. The fraction of sp³-hybridized carbons (Fsp3) is 0.286. The Bertz CT molecular complexity index is 1360. The van der Waals surface area contributed by atoms with Crippen molar-refractivity contribution in [2.75, 3.05) is 17.2 Å². The number of nitrogens with one attached hydrogen (secondary N) is 1. The van der Waals surface area contributed by atoms with Gasteiger partial charge in [0.2, 0.25) is 5.95 Å². The predicted molar refractivity (Wildman–Crippen MR) is 120 cm³/mol. The zero-order valence-electron chi connectivity index (χ0n) is 17.0. The number of anilines is 1. The van der Waals surface area contributed by atoms with Gasteiger partial charge in [0, 0.05) is 44.8 Å². The second-order valence-electron chi connectivity index (χ2n) is 7.37. The molecule has 0 fully saturated rings. The van der Waals surface area contributed by atoms with E-state index in [1.165, 1.54) is 27.5 Å². The number of H-pyrrole nitrogens is 1. The summed E-state index contributed by atoms with van der Waals surface area (Å²) in [5.74, 6) is 1.36. The molecule has 9 nitrogen and oxygen atoms in total. The molecule has 0 amide bonds. The number of rotatable bonds is 5. The standard InChI is InChI=1S/C21H21N7O2S/c1-26-17-16(18(29)25-21(26)30)28(11-12-31-19-22-8-4-9-23-19)20(24-17)27-10-7-14-5-2-3-6-15(14)13-27/h2-6,8-9H,7,10-13H2,1H3,(H,25,29,30). The molecule has 0 bridgehead atoms. The predicted octanol–water partition coefficient (Wildman–Crippen LogP) is 1.57. The highest BCUT2D eigenvalue weighted by Crippen LogP contribution is 2.27. The van der Waals surface area contributed by atoms with Gasteiger partial charge >= 0.3 is 5.69 Å². The first kappa shape index (κ1) is 19.6. The number of imidazole rings is 1. The minimum absolute atomic E-state index is 0.392. The molecule has 0 radical (unpaired) electrons. The maximum atomic E-state index is 12.7. The van der Waals surface area contributed by atoms with E-state index in [9.17, 15) is 9.59 Å². The number of aromatic amines is 1. The summed E-state index contributed by atoms with van der Waals surface area (Å²) in [6, 6.07) is 10.2. The molecule has 0 saturated carbocycles. The summed E-state index contributed by atoms with van der Waals surface area (Å²) in [5, 5.41) is 0.682. The monoisotopic (exact) mass is 435 g/mol. The molecular formula is C21H21N7O2S. The Balaban J connectivity index is 1.54. The fourth-order valence-corrected chi connectivity index (χ4v) is 4.66. The van der Waals surface area contributed by atoms with Crippen LogP contribution in [0.2, 0.25) is 0 Å². The Kier molecular flexibility index (Phi) is 5.06. The maximum absolute atomic E-state index is 12.7.